The number of rotatable bonds is 3. The summed E-state index contributed by atoms with van der Waals surface area (Å²) in [6, 6.07) is 3.76. The number of alkyl halides is 3. The van der Waals surface area contributed by atoms with E-state index in [0.717, 1.165) is 24.1 Å². The molecule has 2 amide bonds. The molecule has 1 aromatic rings. The molecular formula is C13H15F3N2O. The number of hydrogen-bond donors (Lipinski definition) is 2. The Hall–Kier alpha value is -1.98. The minimum absolute atomic E-state index is 0.299. The highest BCUT2D eigenvalue weighted by Crippen LogP contribution is 2.29. The van der Waals surface area contributed by atoms with Gasteiger partial charge in [-0.25, -0.2) is 4.79 Å². The molecule has 0 unspecified atom stereocenters. The highest BCUT2D eigenvalue weighted by molar-refractivity contribution is 5.89. The van der Waals surface area contributed by atoms with Crippen LogP contribution < -0.4 is 10.6 Å². The highest BCUT2D eigenvalue weighted by atomic mass is 19.4. The maximum atomic E-state index is 12.3. The number of carbonyl (C=O) groups is 1. The summed E-state index contributed by atoms with van der Waals surface area (Å²) < 4.78 is 37.0. The third-order valence-electron chi connectivity index (χ3n) is 2.48. The quantitative estimate of drug-likeness (QED) is 0.853. The lowest BCUT2D eigenvalue weighted by Crippen LogP contribution is -2.24. The lowest BCUT2D eigenvalue weighted by atomic mass is 10.2. The molecule has 3 nitrogen and oxygen atoms in total. The van der Waals surface area contributed by atoms with Crippen molar-refractivity contribution < 1.29 is 18.0 Å². The molecule has 0 heterocycles. The molecule has 0 aliphatic rings. The van der Waals surface area contributed by atoms with Gasteiger partial charge < -0.3 is 10.6 Å². The largest absolute Gasteiger partial charge is 0.416 e. The molecule has 1 rings (SSSR count). The maximum absolute atomic E-state index is 12.3. The standard InChI is InChI=1S/C13H15F3N2O/c1-3-9(2)8-17-12(19)18-11-6-4-10(5-7-11)13(14,15)16/h4-8H,3H2,1-2H3,(H2,17,18,19)/b9-8+. The minimum Gasteiger partial charge on any atom is -0.314 e. The lowest BCUT2D eigenvalue weighted by Gasteiger charge is -2.08. The van der Waals surface area contributed by atoms with E-state index in [1.54, 1.807) is 6.20 Å². The van der Waals surface area contributed by atoms with E-state index in [2.05, 4.69) is 10.6 Å². The number of anilines is 1. The van der Waals surface area contributed by atoms with Crippen LogP contribution in [0.2, 0.25) is 0 Å². The van der Waals surface area contributed by atoms with Gasteiger partial charge in [0.2, 0.25) is 0 Å². The van der Waals surface area contributed by atoms with Crippen molar-refractivity contribution in [3.05, 3.63) is 41.6 Å². The molecule has 1 aromatic carbocycles. The van der Waals surface area contributed by atoms with Crippen LogP contribution in [0.15, 0.2) is 36.0 Å². The Morgan fingerprint density at radius 3 is 2.32 bits per heavy atom. The molecule has 0 bridgehead atoms. The molecule has 0 fully saturated rings. The van der Waals surface area contributed by atoms with Crippen molar-refractivity contribution in [2.24, 2.45) is 0 Å². The zero-order chi connectivity index (χ0) is 14.5. The van der Waals surface area contributed by atoms with E-state index in [1.165, 1.54) is 12.1 Å². The Labute approximate surface area is 109 Å². The van der Waals surface area contributed by atoms with E-state index in [0.29, 0.717) is 5.69 Å². The maximum Gasteiger partial charge on any atom is 0.416 e. The number of carbonyl (C=O) groups excluding carboxylic acids is 1. The van der Waals surface area contributed by atoms with E-state index in [-0.39, 0.29) is 0 Å². The summed E-state index contributed by atoms with van der Waals surface area (Å²) in [6.07, 6.45) is -2.01. The summed E-state index contributed by atoms with van der Waals surface area (Å²) in [5.74, 6) is 0. The lowest BCUT2D eigenvalue weighted by molar-refractivity contribution is -0.137. The zero-order valence-corrected chi connectivity index (χ0v) is 10.6. The SMILES string of the molecule is CC/C(C)=C/NC(=O)Nc1ccc(C(F)(F)F)cc1. The first-order chi connectivity index (χ1) is 8.82. The number of urea groups is 1. The predicted octanol–water partition coefficient (Wildman–Crippen LogP) is 4.14. The molecule has 0 aromatic heterocycles. The Bertz CT molecular complexity index is 464. The van der Waals surface area contributed by atoms with E-state index < -0.39 is 17.8 Å². The van der Waals surface area contributed by atoms with Gasteiger partial charge in [-0.1, -0.05) is 12.5 Å². The minimum atomic E-state index is -4.37. The van der Waals surface area contributed by atoms with Crippen molar-refractivity contribution in [1.82, 2.24) is 5.32 Å². The summed E-state index contributed by atoms with van der Waals surface area (Å²) in [6.45, 7) is 3.81. The molecule has 6 heteroatoms. The number of hydrogen-bond acceptors (Lipinski definition) is 1. The monoisotopic (exact) mass is 272 g/mol. The number of halogens is 3. The van der Waals surface area contributed by atoms with Crippen LogP contribution in [-0.4, -0.2) is 6.03 Å². The highest BCUT2D eigenvalue weighted by Gasteiger charge is 2.29. The second-order valence-electron chi connectivity index (χ2n) is 4.02. The molecule has 0 aliphatic heterocycles. The van der Waals surface area contributed by atoms with Gasteiger partial charge in [0.25, 0.3) is 0 Å². The average Bonchev–Trinajstić information content (AvgIpc) is 2.35. The van der Waals surface area contributed by atoms with Crippen LogP contribution in [0.5, 0.6) is 0 Å². The normalized spacial score (nSPS) is 12.2. The predicted molar refractivity (Wildman–Crippen MR) is 67.6 cm³/mol. The Kier molecular flexibility index (Phi) is 4.97. The summed E-state index contributed by atoms with van der Waals surface area (Å²) in [4.78, 5) is 11.4. The molecule has 0 atom stereocenters. The van der Waals surface area contributed by atoms with E-state index in [4.69, 9.17) is 0 Å². The van der Waals surface area contributed by atoms with Crippen LogP contribution in [0, 0.1) is 0 Å². The van der Waals surface area contributed by atoms with Gasteiger partial charge in [0.1, 0.15) is 0 Å². The number of allylic oxidation sites excluding steroid dienone is 1. The Morgan fingerprint density at radius 2 is 1.84 bits per heavy atom. The summed E-state index contributed by atoms with van der Waals surface area (Å²) in [5, 5.41) is 4.93. The molecular weight excluding hydrogens is 257 g/mol. The van der Waals surface area contributed by atoms with Gasteiger partial charge in [0, 0.05) is 11.9 Å². The van der Waals surface area contributed by atoms with E-state index >= 15 is 0 Å². The van der Waals surface area contributed by atoms with Crippen molar-refractivity contribution in [3.8, 4) is 0 Å². The number of nitrogens with one attached hydrogen (secondary N) is 2. The number of benzene rings is 1. The molecule has 0 radical (unpaired) electrons. The van der Waals surface area contributed by atoms with Crippen LogP contribution in [0.1, 0.15) is 25.8 Å². The molecule has 0 aliphatic carbocycles. The topological polar surface area (TPSA) is 41.1 Å². The number of amides is 2. The Morgan fingerprint density at radius 1 is 1.26 bits per heavy atom. The van der Waals surface area contributed by atoms with Crippen LogP contribution in [-0.2, 0) is 6.18 Å². The van der Waals surface area contributed by atoms with Gasteiger partial charge in [-0.3, -0.25) is 0 Å². The summed E-state index contributed by atoms with van der Waals surface area (Å²) in [5.41, 5.74) is 0.538. The Balaban J connectivity index is 2.61. The van der Waals surface area contributed by atoms with Crippen LogP contribution in [0.4, 0.5) is 23.7 Å². The van der Waals surface area contributed by atoms with Crippen molar-refractivity contribution in [3.63, 3.8) is 0 Å². The third kappa shape index (κ3) is 5.03. The molecule has 104 valence electrons. The second-order valence-corrected chi connectivity index (χ2v) is 4.02. The van der Waals surface area contributed by atoms with Crippen LogP contribution >= 0.6 is 0 Å². The summed E-state index contributed by atoms with van der Waals surface area (Å²) >= 11 is 0. The van der Waals surface area contributed by atoms with Crippen molar-refractivity contribution in [2.45, 2.75) is 26.4 Å². The molecule has 2 N–H and O–H groups in total. The van der Waals surface area contributed by atoms with E-state index in [1.807, 2.05) is 13.8 Å². The van der Waals surface area contributed by atoms with Gasteiger partial charge in [-0.15, -0.1) is 0 Å². The molecule has 0 saturated carbocycles. The third-order valence-corrected chi connectivity index (χ3v) is 2.48. The zero-order valence-electron chi connectivity index (χ0n) is 10.6. The average molecular weight is 272 g/mol. The first-order valence-electron chi connectivity index (χ1n) is 5.73. The van der Waals surface area contributed by atoms with Gasteiger partial charge >= 0.3 is 12.2 Å². The van der Waals surface area contributed by atoms with Gasteiger partial charge in [-0.2, -0.15) is 13.2 Å². The molecule has 0 saturated heterocycles. The fraction of sp³-hybridized carbons (Fsp3) is 0.308. The molecule has 19 heavy (non-hydrogen) atoms. The molecule has 0 spiro atoms. The second kappa shape index (κ2) is 6.26. The first-order valence-corrected chi connectivity index (χ1v) is 5.73. The van der Waals surface area contributed by atoms with Gasteiger partial charge in [-0.05, 0) is 37.6 Å². The van der Waals surface area contributed by atoms with Gasteiger partial charge in [0.05, 0.1) is 5.56 Å². The fourth-order valence-corrected chi connectivity index (χ4v) is 1.20. The van der Waals surface area contributed by atoms with Crippen molar-refractivity contribution in [1.29, 1.82) is 0 Å². The van der Waals surface area contributed by atoms with Crippen LogP contribution in [0.3, 0.4) is 0 Å². The smallest absolute Gasteiger partial charge is 0.314 e. The van der Waals surface area contributed by atoms with Crippen molar-refractivity contribution in [2.75, 3.05) is 5.32 Å². The van der Waals surface area contributed by atoms with Crippen LogP contribution in [0.25, 0.3) is 0 Å². The first kappa shape index (κ1) is 15.1. The fourth-order valence-electron chi connectivity index (χ4n) is 1.20. The van der Waals surface area contributed by atoms with Crippen molar-refractivity contribution >= 4 is 11.7 Å². The van der Waals surface area contributed by atoms with Gasteiger partial charge in [0.15, 0.2) is 0 Å². The summed E-state index contributed by atoms with van der Waals surface area (Å²) in [7, 11) is 0. The van der Waals surface area contributed by atoms with E-state index in [9.17, 15) is 18.0 Å².